The van der Waals surface area contributed by atoms with Gasteiger partial charge in [0.2, 0.25) is 0 Å². The van der Waals surface area contributed by atoms with Gasteiger partial charge in [-0.25, -0.2) is 0 Å². The molecule has 0 aromatic heterocycles. The van der Waals surface area contributed by atoms with Crippen LogP contribution in [0.3, 0.4) is 0 Å². The van der Waals surface area contributed by atoms with Gasteiger partial charge in [0, 0.05) is 12.1 Å². The van der Waals surface area contributed by atoms with Crippen molar-refractivity contribution in [3.05, 3.63) is 43.9 Å². The first-order valence-corrected chi connectivity index (χ1v) is 8.17. The highest BCUT2D eigenvalue weighted by Gasteiger charge is 2.18. The molecule has 23 heavy (non-hydrogen) atoms. The molecule has 1 aliphatic carbocycles. The number of nitro groups is 1. The van der Waals surface area contributed by atoms with Gasteiger partial charge in [-0.15, -0.1) is 0 Å². The zero-order valence-corrected chi connectivity index (χ0v) is 14.0. The van der Waals surface area contributed by atoms with E-state index in [0.29, 0.717) is 10.0 Å². The summed E-state index contributed by atoms with van der Waals surface area (Å²) >= 11 is 3.10. The van der Waals surface area contributed by atoms with Crippen LogP contribution in [-0.2, 0) is 4.79 Å². The Labute approximate surface area is 142 Å². The molecule has 1 aromatic rings. The third kappa shape index (κ3) is 4.63. The molecule has 1 fully saturated rings. The van der Waals surface area contributed by atoms with E-state index in [2.05, 4.69) is 21.2 Å². The second-order valence-corrected chi connectivity index (χ2v) is 6.30. The standard InChI is InChI=1S/C16H16BrN3O3/c17-14-7-6-11(9-15(14)20(22)23)8-12(10-18)16(21)19-13-4-2-1-3-5-13/h6-9,13H,1-5H2,(H,19,21)/b12-8-. The van der Waals surface area contributed by atoms with Crippen molar-refractivity contribution in [1.29, 1.82) is 5.26 Å². The van der Waals surface area contributed by atoms with Crippen molar-refractivity contribution in [2.24, 2.45) is 0 Å². The molecule has 120 valence electrons. The Bertz CT molecular complexity index is 688. The van der Waals surface area contributed by atoms with Crippen LogP contribution < -0.4 is 5.32 Å². The van der Waals surface area contributed by atoms with Crippen LogP contribution in [0.2, 0.25) is 0 Å². The van der Waals surface area contributed by atoms with Gasteiger partial charge in [-0.1, -0.05) is 25.3 Å². The first-order chi connectivity index (χ1) is 11.0. The number of carbonyl (C=O) groups is 1. The highest BCUT2D eigenvalue weighted by molar-refractivity contribution is 9.10. The van der Waals surface area contributed by atoms with E-state index in [0.717, 1.165) is 25.7 Å². The molecule has 1 saturated carbocycles. The monoisotopic (exact) mass is 377 g/mol. The quantitative estimate of drug-likeness (QED) is 0.374. The smallest absolute Gasteiger partial charge is 0.284 e. The minimum Gasteiger partial charge on any atom is -0.349 e. The van der Waals surface area contributed by atoms with Gasteiger partial charge in [-0.2, -0.15) is 5.26 Å². The summed E-state index contributed by atoms with van der Waals surface area (Å²) in [4.78, 5) is 22.6. The summed E-state index contributed by atoms with van der Waals surface area (Å²) < 4.78 is 0.352. The SMILES string of the molecule is N#C/C(=C/c1ccc(Br)c([N+](=O)[O-])c1)C(=O)NC1CCCCC1. The fourth-order valence-electron chi connectivity index (χ4n) is 2.58. The van der Waals surface area contributed by atoms with Gasteiger partial charge >= 0.3 is 0 Å². The molecule has 0 heterocycles. The number of rotatable bonds is 4. The predicted molar refractivity (Wildman–Crippen MR) is 89.4 cm³/mol. The van der Waals surface area contributed by atoms with E-state index in [1.807, 2.05) is 6.07 Å². The Kier molecular flexibility index (Phi) is 5.88. The van der Waals surface area contributed by atoms with E-state index in [4.69, 9.17) is 0 Å². The van der Waals surface area contributed by atoms with Crippen LogP contribution in [0.25, 0.3) is 6.08 Å². The van der Waals surface area contributed by atoms with Crippen molar-refractivity contribution in [1.82, 2.24) is 5.32 Å². The van der Waals surface area contributed by atoms with Gasteiger partial charge in [0.1, 0.15) is 11.6 Å². The Hall–Kier alpha value is -2.20. The van der Waals surface area contributed by atoms with Crippen LogP contribution >= 0.6 is 15.9 Å². The second-order valence-electron chi connectivity index (χ2n) is 5.45. The number of halogens is 1. The van der Waals surface area contributed by atoms with Crippen LogP contribution in [0.4, 0.5) is 5.69 Å². The maximum Gasteiger partial charge on any atom is 0.284 e. The Morgan fingerprint density at radius 3 is 2.70 bits per heavy atom. The lowest BCUT2D eigenvalue weighted by molar-refractivity contribution is -0.385. The highest BCUT2D eigenvalue weighted by atomic mass is 79.9. The van der Waals surface area contributed by atoms with E-state index in [9.17, 15) is 20.2 Å². The fraction of sp³-hybridized carbons (Fsp3) is 0.375. The van der Waals surface area contributed by atoms with Crippen LogP contribution in [0.1, 0.15) is 37.7 Å². The molecule has 0 bridgehead atoms. The average Bonchev–Trinajstić information content (AvgIpc) is 2.54. The minimum absolute atomic E-state index is 0.0489. The Morgan fingerprint density at radius 1 is 1.39 bits per heavy atom. The Morgan fingerprint density at radius 2 is 2.09 bits per heavy atom. The van der Waals surface area contributed by atoms with Crippen LogP contribution in [0.5, 0.6) is 0 Å². The minimum atomic E-state index is -0.518. The summed E-state index contributed by atoms with van der Waals surface area (Å²) in [7, 11) is 0. The lowest BCUT2D eigenvalue weighted by Crippen LogP contribution is -2.36. The first-order valence-electron chi connectivity index (χ1n) is 7.38. The predicted octanol–water partition coefficient (Wildman–Crippen LogP) is 3.71. The van der Waals surface area contributed by atoms with Crippen molar-refractivity contribution < 1.29 is 9.72 Å². The van der Waals surface area contributed by atoms with Gasteiger partial charge in [0.25, 0.3) is 11.6 Å². The molecule has 1 aliphatic rings. The molecule has 1 amide bonds. The molecule has 0 aliphatic heterocycles. The molecule has 2 rings (SSSR count). The number of nitrogens with one attached hydrogen (secondary N) is 1. The van der Waals surface area contributed by atoms with Gasteiger partial charge < -0.3 is 5.32 Å². The third-order valence-electron chi connectivity index (χ3n) is 3.78. The number of carbonyl (C=O) groups excluding carboxylic acids is 1. The van der Waals surface area contributed by atoms with Crippen molar-refractivity contribution in [2.45, 2.75) is 38.1 Å². The number of benzene rings is 1. The molecule has 6 nitrogen and oxygen atoms in total. The molecule has 0 radical (unpaired) electrons. The maximum atomic E-state index is 12.2. The molecule has 7 heteroatoms. The molecule has 0 saturated heterocycles. The first kappa shape index (κ1) is 17.2. The molecular formula is C16H16BrN3O3. The molecule has 0 atom stereocenters. The van der Waals surface area contributed by atoms with Gasteiger partial charge in [-0.3, -0.25) is 14.9 Å². The number of nitro benzene ring substituents is 1. The fourth-order valence-corrected chi connectivity index (χ4v) is 2.98. The van der Waals surface area contributed by atoms with Gasteiger partial charge in [-0.05, 0) is 46.5 Å². The normalized spacial score (nSPS) is 15.7. The summed E-state index contributed by atoms with van der Waals surface area (Å²) in [6.07, 6.45) is 6.56. The highest BCUT2D eigenvalue weighted by Crippen LogP contribution is 2.26. The second kappa shape index (κ2) is 7.88. The summed E-state index contributed by atoms with van der Waals surface area (Å²) in [6, 6.07) is 6.44. The van der Waals surface area contributed by atoms with Gasteiger partial charge in [0.15, 0.2) is 0 Å². The van der Waals surface area contributed by atoms with E-state index in [1.54, 1.807) is 6.07 Å². The zero-order chi connectivity index (χ0) is 16.8. The Balaban J connectivity index is 2.17. The van der Waals surface area contributed by atoms with Crippen molar-refractivity contribution >= 4 is 33.6 Å². The van der Waals surface area contributed by atoms with E-state index < -0.39 is 10.8 Å². The largest absolute Gasteiger partial charge is 0.349 e. The maximum absolute atomic E-state index is 12.2. The van der Waals surface area contributed by atoms with Crippen LogP contribution in [-0.4, -0.2) is 16.9 Å². The van der Waals surface area contributed by atoms with Crippen molar-refractivity contribution in [2.75, 3.05) is 0 Å². The lowest BCUT2D eigenvalue weighted by atomic mass is 9.95. The van der Waals surface area contributed by atoms with E-state index in [1.165, 1.54) is 24.6 Å². The van der Waals surface area contributed by atoms with Gasteiger partial charge in [0.05, 0.1) is 9.40 Å². The number of nitrogens with zero attached hydrogens (tertiary/aromatic N) is 2. The summed E-state index contributed by atoms with van der Waals surface area (Å²) in [5.74, 6) is -0.426. The third-order valence-corrected chi connectivity index (χ3v) is 4.45. The molecule has 0 spiro atoms. The van der Waals surface area contributed by atoms with E-state index in [-0.39, 0.29) is 17.3 Å². The number of amides is 1. The number of hydrogen-bond donors (Lipinski definition) is 1. The molecular weight excluding hydrogens is 362 g/mol. The summed E-state index contributed by atoms with van der Waals surface area (Å²) in [5.41, 5.74) is 0.283. The van der Waals surface area contributed by atoms with Crippen LogP contribution in [0, 0.1) is 21.4 Å². The number of hydrogen-bond acceptors (Lipinski definition) is 4. The molecule has 1 N–H and O–H groups in total. The topological polar surface area (TPSA) is 96.0 Å². The van der Waals surface area contributed by atoms with Crippen LogP contribution in [0.15, 0.2) is 28.2 Å². The summed E-state index contributed by atoms with van der Waals surface area (Å²) in [6.45, 7) is 0. The lowest BCUT2D eigenvalue weighted by Gasteiger charge is -2.22. The average molecular weight is 378 g/mol. The molecule has 1 aromatic carbocycles. The van der Waals surface area contributed by atoms with E-state index >= 15 is 0 Å². The van der Waals surface area contributed by atoms with Crippen molar-refractivity contribution in [3.8, 4) is 6.07 Å². The number of nitriles is 1. The summed E-state index contributed by atoms with van der Waals surface area (Å²) in [5, 5.41) is 23.0. The molecule has 0 unspecified atom stereocenters. The zero-order valence-electron chi connectivity index (χ0n) is 12.4. The van der Waals surface area contributed by atoms with Crippen molar-refractivity contribution in [3.63, 3.8) is 0 Å².